The van der Waals surface area contributed by atoms with Gasteiger partial charge in [0, 0.05) is 6.54 Å². The molecule has 2 rings (SSSR count). The zero-order valence-corrected chi connectivity index (χ0v) is 14.9. The first kappa shape index (κ1) is 20.2. The predicted octanol–water partition coefficient (Wildman–Crippen LogP) is 3.72. The molecule has 0 saturated heterocycles. The number of alkyl halides is 2. The van der Waals surface area contributed by atoms with E-state index in [9.17, 15) is 13.6 Å². The van der Waals surface area contributed by atoms with E-state index in [1.165, 1.54) is 19.2 Å². The van der Waals surface area contributed by atoms with E-state index < -0.39 is 6.61 Å². The van der Waals surface area contributed by atoms with Crippen LogP contribution in [0.25, 0.3) is 0 Å². The molecule has 1 N–H and O–H groups in total. The molecule has 2 aromatic rings. The fourth-order valence-electron chi connectivity index (χ4n) is 2.31. The normalized spacial score (nSPS) is 10.4. The number of hydrogen-bond donors (Lipinski definition) is 1. The van der Waals surface area contributed by atoms with Crippen LogP contribution in [-0.4, -0.2) is 26.2 Å². The van der Waals surface area contributed by atoms with Crippen LogP contribution >= 0.6 is 0 Å². The van der Waals surface area contributed by atoms with Crippen LogP contribution in [0.15, 0.2) is 55.1 Å². The second-order valence-electron chi connectivity index (χ2n) is 5.57. The molecule has 144 valence electrons. The molecule has 7 heteroatoms. The molecule has 0 aliphatic heterocycles. The molecule has 1 amide bonds. The van der Waals surface area contributed by atoms with E-state index in [4.69, 9.17) is 9.47 Å². The summed E-state index contributed by atoms with van der Waals surface area (Å²) >= 11 is 0. The van der Waals surface area contributed by atoms with Gasteiger partial charge in [0.2, 0.25) is 0 Å². The van der Waals surface area contributed by atoms with Crippen LogP contribution < -0.4 is 19.5 Å². The van der Waals surface area contributed by atoms with E-state index in [1.54, 1.807) is 24.3 Å². The Labute approximate surface area is 156 Å². The number of rotatable bonds is 10. The highest BCUT2D eigenvalue weighted by atomic mass is 19.3. The molecule has 0 spiro atoms. The first-order valence-electron chi connectivity index (χ1n) is 8.23. The monoisotopic (exact) mass is 377 g/mol. The van der Waals surface area contributed by atoms with Crippen molar-refractivity contribution >= 4 is 5.91 Å². The number of halogens is 2. The molecule has 27 heavy (non-hydrogen) atoms. The number of hydrogen-bond acceptors (Lipinski definition) is 4. The minimum Gasteiger partial charge on any atom is -0.493 e. The highest BCUT2D eigenvalue weighted by molar-refractivity contribution is 5.77. The van der Waals surface area contributed by atoms with Crippen LogP contribution in [0.5, 0.6) is 17.2 Å². The van der Waals surface area contributed by atoms with Gasteiger partial charge in [0.05, 0.1) is 7.11 Å². The largest absolute Gasteiger partial charge is 0.493 e. The third-order valence-corrected chi connectivity index (χ3v) is 3.61. The molecule has 0 aromatic heterocycles. The van der Waals surface area contributed by atoms with Gasteiger partial charge in [-0.2, -0.15) is 8.78 Å². The van der Waals surface area contributed by atoms with E-state index >= 15 is 0 Å². The Morgan fingerprint density at radius 2 is 1.85 bits per heavy atom. The molecule has 5 nitrogen and oxygen atoms in total. The Bertz CT molecular complexity index is 763. The van der Waals surface area contributed by atoms with Crippen molar-refractivity contribution in [2.45, 2.75) is 19.6 Å². The van der Waals surface area contributed by atoms with Gasteiger partial charge in [-0.3, -0.25) is 4.79 Å². The molecule has 0 heterocycles. The van der Waals surface area contributed by atoms with E-state index in [1.807, 2.05) is 12.1 Å². The maximum Gasteiger partial charge on any atom is 0.387 e. The first-order valence-corrected chi connectivity index (χ1v) is 8.23. The van der Waals surface area contributed by atoms with E-state index in [-0.39, 0.29) is 24.8 Å². The lowest BCUT2D eigenvalue weighted by Crippen LogP contribution is -2.28. The summed E-state index contributed by atoms with van der Waals surface area (Å²) in [5.41, 5.74) is 1.77. The second-order valence-corrected chi connectivity index (χ2v) is 5.57. The Kier molecular flexibility index (Phi) is 7.61. The van der Waals surface area contributed by atoms with Crippen LogP contribution in [0.1, 0.15) is 11.1 Å². The minimum absolute atomic E-state index is 0.0652. The minimum atomic E-state index is -2.87. The number of carbonyl (C=O) groups excluding carboxylic acids is 1. The predicted molar refractivity (Wildman–Crippen MR) is 97.3 cm³/mol. The summed E-state index contributed by atoms with van der Waals surface area (Å²) in [6.45, 7) is 0.891. The van der Waals surface area contributed by atoms with Gasteiger partial charge in [-0.15, -0.1) is 6.58 Å². The van der Waals surface area contributed by atoms with Crippen LogP contribution in [0, 0.1) is 0 Å². The first-order chi connectivity index (χ1) is 13.0. The van der Waals surface area contributed by atoms with Crippen molar-refractivity contribution in [1.82, 2.24) is 5.32 Å². The molecule has 0 bridgehead atoms. The lowest BCUT2D eigenvalue weighted by Gasteiger charge is -2.12. The molecule has 0 radical (unpaired) electrons. The van der Waals surface area contributed by atoms with Gasteiger partial charge in [-0.25, -0.2) is 0 Å². The van der Waals surface area contributed by atoms with Gasteiger partial charge in [0.15, 0.2) is 18.1 Å². The van der Waals surface area contributed by atoms with Crippen molar-refractivity contribution in [3.8, 4) is 17.2 Å². The SMILES string of the molecule is C=CCc1ccc(OCC(=O)NCc2ccc(OC(F)F)cc2)c(OC)c1. The number of nitrogens with one attached hydrogen (secondary N) is 1. The maximum atomic E-state index is 12.1. The van der Waals surface area contributed by atoms with Gasteiger partial charge >= 0.3 is 6.61 Å². The number of benzene rings is 2. The maximum absolute atomic E-state index is 12.1. The second kappa shape index (κ2) is 10.2. The molecule has 0 unspecified atom stereocenters. The molecule has 2 aromatic carbocycles. The number of carbonyl (C=O) groups is 1. The third kappa shape index (κ3) is 6.62. The fourth-order valence-corrected chi connectivity index (χ4v) is 2.31. The average Bonchev–Trinajstić information content (AvgIpc) is 2.66. The summed E-state index contributed by atoms with van der Waals surface area (Å²) in [4.78, 5) is 12.0. The van der Waals surface area contributed by atoms with E-state index in [2.05, 4.69) is 16.6 Å². The fraction of sp³-hybridized carbons (Fsp3) is 0.250. The average molecular weight is 377 g/mol. The lowest BCUT2D eigenvalue weighted by molar-refractivity contribution is -0.123. The third-order valence-electron chi connectivity index (χ3n) is 3.61. The summed E-state index contributed by atoms with van der Waals surface area (Å²) in [6.07, 6.45) is 2.49. The smallest absolute Gasteiger partial charge is 0.387 e. The number of allylic oxidation sites excluding steroid dienone is 1. The van der Waals surface area contributed by atoms with Crippen molar-refractivity contribution < 1.29 is 27.8 Å². The van der Waals surface area contributed by atoms with Crippen LogP contribution in [0.3, 0.4) is 0 Å². The summed E-state index contributed by atoms with van der Waals surface area (Å²) in [7, 11) is 1.53. The Morgan fingerprint density at radius 1 is 1.15 bits per heavy atom. The van der Waals surface area contributed by atoms with Crippen molar-refractivity contribution in [2.75, 3.05) is 13.7 Å². The van der Waals surface area contributed by atoms with Gasteiger partial charge in [-0.1, -0.05) is 24.3 Å². The van der Waals surface area contributed by atoms with Crippen molar-refractivity contribution in [3.05, 3.63) is 66.2 Å². The van der Waals surface area contributed by atoms with Gasteiger partial charge in [0.1, 0.15) is 5.75 Å². The van der Waals surface area contributed by atoms with E-state index in [0.717, 1.165) is 11.1 Å². The van der Waals surface area contributed by atoms with Gasteiger partial charge in [0.25, 0.3) is 5.91 Å². The van der Waals surface area contributed by atoms with Gasteiger partial charge in [-0.05, 0) is 41.8 Å². The summed E-state index contributed by atoms with van der Waals surface area (Å²) in [5, 5.41) is 2.69. The molecular weight excluding hydrogens is 356 g/mol. The summed E-state index contributed by atoms with van der Waals surface area (Å²) in [6, 6.07) is 11.5. The van der Waals surface area contributed by atoms with E-state index in [0.29, 0.717) is 17.9 Å². The quantitative estimate of drug-likeness (QED) is 0.641. The molecule has 0 atom stereocenters. The summed E-state index contributed by atoms with van der Waals surface area (Å²) in [5.74, 6) is 0.751. The molecule has 0 saturated carbocycles. The molecule has 0 aliphatic carbocycles. The van der Waals surface area contributed by atoms with Crippen LogP contribution in [0.4, 0.5) is 8.78 Å². The number of ether oxygens (including phenoxy) is 3. The molecule has 0 fully saturated rings. The Balaban J connectivity index is 1.83. The molecular formula is C20H21F2NO4. The zero-order chi connectivity index (χ0) is 19.6. The Hall–Kier alpha value is -3.09. The topological polar surface area (TPSA) is 56.8 Å². The highest BCUT2D eigenvalue weighted by Gasteiger charge is 2.09. The van der Waals surface area contributed by atoms with Crippen molar-refractivity contribution in [2.24, 2.45) is 0 Å². The van der Waals surface area contributed by atoms with Crippen LogP contribution in [-0.2, 0) is 17.8 Å². The highest BCUT2D eigenvalue weighted by Crippen LogP contribution is 2.28. The van der Waals surface area contributed by atoms with Crippen LogP contribution in [0.2, 0.25) is 0 Å². The number of amides is 1. The van der Waals surface area contributed by atoms with Gasteiger partial charge < -0.3 is 19.5 Å². The standard InChI is InChI=1S/C20H21F2NO4/c1-3-4-14-7-10-17(18(11-14)25-2)26-13-19(24)23-12-15-5-8-16(9-6-15)27-20(21)22/h3,5-11,20H,1,4,12-13H2,2H3,(H,23,24). The lowest BCUT2D eigenvalue weighted by atomic mass is 10.1. The summed E-state index contributed by atoms with van der Waals surface area (Å²) < 4.78 is 39.3. The molecule has 0 aliphatic rings. The van der Waals surface area contributed by atoms with Crippen molar-refractivity contribution in [3.63, 3.8) is 0 Å². The zero-order valence-electron chi connectivity index (χ0n) is 14.9. The number of methoxy groups -OCH3 is 1. The Morgan fingerprint density at radius 3 is 2.48 bits per heavy atom. The van der Waals surface area contributed by atoms with Crippen molar-refractivity contribution in [1.29, 1.82) is 0 Å².